The highest BCUT2D eigenvalue weighted by Gasteiger charge is 2.48. The highest BCUT2D eigenvalue weighted by molar-refractivity contribution is 6.30. The van der Waals surface area contributed by atoms with Crippen molar-refractivity contribution in [2.45, 2.75) is 58.8 Å². The molecule has 1 aromatic heterocycles. The first kappa shape index (κ1) is 29.1. The number of hydrogen-bond donors (Lipinski definition) is 2. The van der Waals surface area contributed by atoms with E-state index in [2.05, 4.69) is 41.2 Å². The molecular weight excluding hydrogens is 538 g/mol. The predicted molar refractivity (Wildman–Crippen MR) is 161 cm³/mol. The van der Waals surface area contributed by atoms with Gasteiger partial charge in [-0.25, -0.2) is 4.79 Å². The molecule has 5 rings (SSSR count). The molecule has 2 aliphatic rings. The zero-order chi connectivity index (χ0) is 29.2. The van der Waals surface area contributed by atoms with Crippen LogP contribution in [0.3, 0.4) is 0 Å². The predicted octanol–water partition coefficient (Wildman–Crippen LogP) is 6.57. The summed E-state index contributed by atoms with van der Waals surface area (Å²) in [5, 5.41) is 15.2. The Morgan fingerprint density at radius 3 is 2.71 bits per heavy atom. The van der Waals surface area contributed by atoms with Gasteiger partial charge in [-0.2, -0.15) is 0 Å². The molecule has 0 saturated carbocycles. The van der Waals surface area contributed by atoms with Crippen LogP contribution in [0, 0.1) is 5.41 Å². The van der Waals surface area contributed by atoms with Gasteiger partial charge in [-0.3, -0.25) is 4.98 Å². The van der Waals surface area contributed by atoms with Crippen LogP contribution in [-0.4, -0.2) is 46.8 Å². The van der Waals surface area contributed by atoms with Gasteiger partial charge in [-0.15, -0.1) is 0 Å². The maximum Gasteiger partial charge on any atom is 0.412 e. The zero-order valence-corrected chi connectivity index (χ0v) is 24.9. The number of amides is 1. The number of fused-ring (bicyclic) bond motifs is 2. The molecule has 0 bridgehead atoms. The lowest BCUT2D eigenvalue weighted by Gasteiger charge is -2.50. The SMILES string of the molecule is CC(C)NC(=O)Oc1ccc2c(c1)C(=CCCN1CCC(O)(c3ccc(Cl)cc3)C(C)(C)C1)c1cccnc1CO2. The van der Waals surface area contributed by atoms with Gasteiger partial charge in [-0.1, -0.05) is 49.7 Å². The van der Waals surface area contributed by atoms with Crippen LogP contribution in [0.1, 0.15) is 62.9 Å². The average molecular weight is 576 g/mol. The second-order valence-electron chi connectivity index (χ2n) is 11.8. The molecule has 2 N–H and O–H groups in total. The Hall–Kier alpha value is -3.39. The molecule has 216 valence electrons. The number of ether oxygens (including phenoxy) is 2. The van der Waals surface area contributed by atoms with Crippen molar-refractivity contribution in [2.75, 3.05) is 19.6 Å². The number of carbonyl (C=O) groups is 1. The summed E-state index contributed by atoms with van der Waals surface area (Å²) in [6, 6.07) is 17.0. The number of aromatic nitrogens is 1. The molecule has 1 saturated heterocycles. The van der Waals surface area contributed by atoms with Crippen LogP contribution in [0.15, 0.2) is 66.9 Å². The summed E-state index contributed by atoms with van der Waals surface area (Å²) >= 11 is 6.10. The van der Waals surface area contributed by atoms with Gasteiger partial charge in [0, 0.05) is 53.4 Å². The molecule has 0 aliphatic carbocycles. The van der Waals surface area contributed by atoms with Crippen molar-refractivity contribution in [1.29, 1.82) is 0 Å². The summed E-state index contributed by atoms with van der Waals surface area (Å²) in [4.78, 5) is 19.3. The molecule has 2 aromatic carbocycles. The van der Waals surface area contributed by atoms with Crippen LogP contribution in [0.5, 0.6) is 11.5 Å². The molecule has 1 unspecified atom stereocenters. The largest absolute Gasteiger partial charge is 0.487 e. The fraction of sp³-hybridized carbons (Fsp3) is 0.394. The monoisotopic (exact) mass is 575 g/mol. The molecule has 1 atom stereocenters. The molecule has 1 fully saturated rings. The molecule has 8 heteroatoms. The number of nitrogens with zero attached hydrogens (tertiary/aromatic N) is 2. The van der Waals surface area contributed by atoms with Gasteiger partial charge in [0.25, 0.3) is 0 Å². The van der Waals surface area contributed by atoms with Crippen molar-refractivity contribution in [3.05, 3.63) is 94.3 Å². The smallest absolute Gasteiger partial charge is 0.412 e. The molecule has 3 heterocycles. The van der Waals surface area contributed by atoms with Crippen molar-refractivity contribution >= 4 is 23.3 Å². The van der Waals surface area contributed by atoms with Crippen LogP contribution >= 0.6 is 11.6 Å². The number of halogens is 1. The molecule has 2 aliphatic heterocycles. The van der Waals surface area contributed by atoms with Gasteiger partial charge in [0.05, 0.1) is 11.3 Å². The summed E-state index contributed by atoms with van der Waals surface area (Å²) in [6.07, 6.45) is 4.93. The van der Waals surface area contributed by atoms with Crippen molar-refractivity contribution in [2.24, 2.45) is 5.41 Å². The Morgan fingerprint density at radius 1 is 1.20 bits per heavy atom. The van der Waals surface area contributed by atoms with E-state index >= 15 is 0 Å². The van der Waals surface area contributed by atoms with Crippen molar-refractivity contribution in [3.63, 3.8) is 0 Å². The Kier molecular flexibility index (Phi) is 8.41. The zero-order valence-electron chi connectivity index (χ0n) is 24.1. The van der Waals surface area contributed by atoms with E-state index in [4.69, 9.17) is 21.1 Å². The van der Waals surface area contributed by atoms with Gasteiger partial charge in [0.2, 0.25) is 0 Å². The van der Waals surface area contributed by atoms with Gasteiger partial charge in [0.1, 0.15) is 18.1 Å². The van der Waals surface area contributed by atoms with Crippen molar-refractivity contribution in [1.82, 2.24) is 15.2 Å². The molecule has 41 heavy (non-hydrogen) atoms. The van der Waals surface area contributed by atoms with Crippen LogP contribution in [-0.2, 0) is 12.2 Å². The van der Waals surface area contributed by atoms with Gasteiger partial charge in [-0.05, 0) is 74.2 Å². The fourth-order valence-electron chi connectivity index (χ4n) is 5.86. The topological polar surface area (TPSA) is 83.9 Å². The summed E-state index contributed by atoms with van der Waals surface area (Å²) in [6.45, 7) is 10.8. The summed E-state index contributed by atoms with van der Waals surface area (Å²) in [7, 11) is 0. The van der Waals surface area contributed by atoms with E-state index in [9.17, 15) is 9.90 Å². The van der Waals surface area contributed by atoms with Crippen LogP contribution in [0.2, 0.25) is 5.02 Å². The lowest BCUT2D eigenvalue weighted by molar-refractivity contribution is -0.125. The standard InChI is InChI=1S/C33H38ClN3O4/c1-22(2)36-31(38)41-25-13-14-30-28(19-25)26(27-7-5-16-35-29(27)20-40-30)8-6-17-37-18-15-33(39,32(3,4)21-37)23-9-11-24(34)12-10-23/h5,7-14,16,19,22,39H,6,15,17-18,20-21H2,1-4H3,(H,36,38). The van der Waals surface area contributed by atoms with E-state index < -0.39 is 11.7 Å². The van der Waals surface area contributed by atoms with Gasteiger partial charge >= 0.3 is 6.09 Å². The number of hydrogen-bond acceptors (Lipinski definition) is 6. The summed E-state index contributed by atoms with van der Waals surface area (Å²) < 4.78 is 11.7. The highest BCUT2D eigenvalue weighted by atomic mass is 35.5. The Bertz CT molecular complexity index is 1440. The van der Waals surface area contributed by atoms with Crippen molar-refractivity contribution in [3.8, 4) is 11.5 Å². The van der Waals surface area contributed by atoms with Crippen LogP contribution in [0.25, 0.3) is 5.57 Å². The number of rotatable bonds is 6. The molecule has 3 aromatic rings. The minimum atomic E-state index is -0.924. The first-order valence-electron chi connectivity index (χ1n) is 14.2. The molecule has 7 nitrogen and oxygen atoms in total. The van der Waals surface area contributed by atoms with E-state index in [0.717, 1.165) is 59.8 Å². The Labute approximate surface area is 247 Å². The second-order valence-corrected chi connectivity index (χ2v) is 12.3. The van der Waals surface area contributed by atoms with Crippen LogP contribution < -0.4 is 14.8 Å². The lowest BCUT2D eigenvalue weighted by atomic mass is 9.66. The van der Waals surface area contributed by atoms with E-state index in [1.165, 1.54) is 0 Å². The Morgan fingerprint density at radius 2 is 1.98 bits per heavy atom. The first-order chi connectivity index (χ1) is 19.6. The molecule has 1 amide bonds. The third-order valence-electron chi connectivity index (χ3n) is 8.05. The third-order valence-corrected chi connectivity index (χ3v) is 8.30. The quantitative estimate of drug-likeness (QED) is 0.346. The Balaban J connectivity index is 1.36. The number of aliphatic hydroxyl groups is 1. The van der Waals surface area contributed by atoms with E-state index in [1.54, 1.807) is 12.3 Å². The third kappa shape index (κ3) is 6.27. The maximum absolute atomic E-state index is 12.3. The van der Waals surface area contributed by atoms with Crippen molar-refractivity contribution < 1.29 is 19.4 Å². The number of carbonyl (C=O) groups excluding carboxylic acids is 1. The summed E-state index contributed by atoms with van der Waals surface area (Å²) in [5.41, 5.74) is 3.37. The number of pyridine rings is 1. The first-order valence-corrected chi connectivity index (χ1v) is 14.5. The number of nitrogens with one attached hydrogen (secondary N) is 1. The number of piperidine rings is 1. The van der Waals surface area contributed by atoms with E-state index in [1.807, 2.05) is 56.3 Å². The minimum Gasteiger partial charge on any atom is -0.487 e. The van der Waals surface area contributed by atoms with Crippen LogP contribution in [0.4, 0.5) is 4.79 Å². The highest BCUT2D eigenvalue weighted by Crippen LogP contribution is 2.46. The molecule has 0 spiro atoms. The summed E-state index contributed by atoms with van der Waals surface area (Å²) in [5.74, 6) is 1.17. The number of likely N-dealkylation sites (tertiary alicyclic amines) is 1. The fourth-order valence-corrected chi connectivity index (χ4v) is 5.99. The van der Waals surface area contributed by atoms with Gasteiger partial charge < -0.3 is 24.8 Å². The normalized spacial score (nSPS) is 21.0. The molecule has 0 radical (unpaired) electrons. The lowest BCUT2D eigenvalue weighted by Crippen LogP contribution is -2.55. The maximum atomic E-state index is 12.3. The van der Waals surface area contributed by atoms with E-state index in [0.29, 0.717) is 23.8 Å². The molecular formula is C33H38ClN3O4. The van der Waals surface area contributed by atoms with Gasteiger partial charge in [0.15, 0.2) is 0 Å². The van der Waals surface area contributed by atoms with E-state index in [-0.39, 0.29) is 11.5 Å². The average Bonchev–Trinajstić information content (AvgIpc) is 3.07. The minimum absolute atomic E-state index is 0.0259. The number of benzene rings is 2. The second kappa shape index (κ2) is 11.8.